The van der Waals surface area contributed by atoms with Crippen LogP contribution in [0.3, 0.4) is 0 Å². The molecule has 0 aliphatic carbocycles. The molecule has 0 fully saturated rings. The molecule has 37 heavy (non-hydrogen) atoms. The second-order valence-electron chi connectivity index (χ2n) is 8.63. The molecule has 0 N–H and O–H groups in total. The minimum atomic E-state index is 0.808. The molecule has 0 unspecified atom stereocenters. The lowest BCUT2D eigenvalue weighted by molar-refractivity contribution is 1.07. The fourth-order valence-corrected chi connectivity index (χ4v) is 5.20. The zero-order valence-corrected chi connectivity index (χ0v) is 21.1. The molecule has 0 saturated carbocycles. The van der Waals surface area contributed by atoms with Crippen LogP contribution in [-0.4, -0.2) is 29.1 Å². The highest BCUT2D eigenvalue weighted by Crippen LogP contribution is 2.35. The van der Waals surface area contributed by atoms with Crippen LogP contribution in [0.2, 0.25) is 0 Å². The van der Waals surface area contributed by atoms with E-state index in [9.17, 15) is 0 Å². The lowest BCUT2D eigenvalue weighted by Gasteiger charge is -2.12. The fourth-order valence-electron chi connectivity index (χ4n) is 4.70. The number of hydrogen-bond donors (Lipinski definition) is 0. The number of fused-ring (bicyclic) bond motifs is 2. The Morgan fingerprint density at radius 2 is 0.973 bits per heavy atom. The third-order valence-electron chi connectivity index (χ3n) is 6.28. The highest BCUT2D eigenvalue weighted by molar-refractivity contribution is 9.10. The molecule has 0 amide bonds. The van der Waals surface area contributed by atoms with Crippen LogP contribution in [0.4, 0.5) is 0 Å². The first-order chi connectivity index (χ1) is 18.3. The Kier molecular flexibility index (Phi) is 5.15. The van der Waals surface area contributed by atoms with Crippen molar-refractivity contribution in [3.63, 3.8) is 0 Å². The van der Waals surface area contributed by atoms with Crippen LogP contribution in [0.25, 0.3) is 56.5 Å². The molecule has 0 spiro atoms. The largest absolute Gasteiger partial charge is 0.277 e. The summed E-state index contributed by atoms with van der Waals surface area (Å²) in [6.07, 6.45) is 3.60. The minimum Gasteiger partial charge on any atom is -0.277 e. The normalized spacial score (nSPS) is 11.4. The summed E-state index contributed by atoms with van der Waals surface area (Å²) in [6, 6.07) is 34.5. The van der Waals surface area contributed by atoms with E-state index in [0.29, 0.717) is 0 Å². The highest BCUT2D eigenvalue weighted by Gasteiger charge is 2.19. The van der Waals surface area contributed by atoms with E-state index >= 15 is 0 Å². The first kappa shape index (κ1) is 21.6. The number of imidazole rings is 2. The number of pyridine rings is 2. The zero-order valence-electron chi connectivity index (χ0n) is 19.5. The predicted molar refractivity (Wildman–Crippen MR) is 150 cm³/mol. The van der Waals surface area contributed by atoms with Crippen molar-refractivity contribution < 1.29 is 0 Å². The van der Waals surface area contributed by atoms with Crippen LogP contribution in [0.1, 0.15) is 0 Å². The van der Waals surface area contributed by atoms with Crippen molar-refractivity contribution in [1.82, 2.24) is 29.1 Å². The van der Waals surface area contributed by atoms with Crippen LogP contribution in [0.15, 0.2) is 120 Å². The number of halogens is 1. The molecule has 0 atom stereocenters. The lowest BCUT2D eigenvalue weighted by atomic mass is 10.1. The molecule has 176 valence electrons. The van der Waals surface area contributed by atoms with Gasteiger partial charge >= 0.3 is 0 Å². The quantitative estimate of drug-likeness (QED) is 0.235. The van der Waals surface area contributed by atoms with E-state index in [1.807, 2.05) is 60.7 Å². The number of aromatic nitrogens is 6. The van der Waals surface area contributed by atoms with Crippen LogP contribution in [0.5, 0.6) is 0 Å². The number of rotatable bonds is 4. The average molecular weight is 543 g/mol. The Balaban J connectivity index is 1.49. The van der Waals surface area contributed by atoms with Crippen LogP contribution in [-0.2, 0) is 0 Å². The number of benzene rings is 3. The Morgan fingerprint density at radius 1 is 0.514 bits per heavy atom. The fraction of sp³-hybridized carbons (Fsp3) is 0. The van der Waals surface area contributed by atoms with Crippen LogP contribution >= 0.6 is 15.9 Å². The summed E-state index contributed by atoms with van der Waals surface area (Å²) in [6.45, 7) is 0. The standard InChI is InChI=1S/C30H19BrN6/c31-22-18-20(27-34-25-13-7-15-32-29(25)36(27)23-9-3-1-4-10-23)17-21(19-22)28-35-26-14-8-16-33-30(26)37(28)24-11-5-2-6-12-24/h1-19H. The monoisotopic (exact) mass is 542 g/mol. The van der Waals surface area contributed by atoms with Gasteiger partial charge in [-0.2, -0.15) is 0 Å². The third-order valence-corrected chi connectivity index (χ3v) is 6.73. The minimum absolute atomic E-state index is 0.808. The van der Waals surface area contributed by atoms with Gasteiger partial charge in [-0.05, 0) is 66.7 Å². The smallest absolute Gasteiger partial charge is 0.164 e. The molecule has 0 aliphatic rings. The molecule has 7 rings (SSSR count). The van der Waals surface area contributed by atoms with Gasteiger partial charge in [-0.25, -0.2) is 19.9 Å². The van der Waals surface area contributed by atoms with Gasteiger partial charge in [0, 0.05) is 39.4 Å². The third kappa shape index (κ3) is 3.72. The van der Waals surface area contributed by atoms with E-state index < -0.39 is 0 Å². The number of hydrogen-bond acceptors (Lipinski definition) is 4. The lowest BCUT2D eigenvalue weighted by Crippen LogP contribution is -2.00. The highest BCUT2D eigenvalue weighted by atomic mass is 79.9. The zero-order chi connectivity index (χ0) is 24.8. The Labute approximate surface area is 221 Å². The van der Waals surface area contributed by atoms with Gasteiger partial charge in [0.1, 0.15) is 22.7 Å². The number of nitrogens with zero attached hydrogens (tertiary/aromatic N) is 6. The van der Waals surface area contributed by atoms with Gasteiger partial charge in [0.15, 0.2) is 11.3 Å². The molecule has 6 nitrogen and oxygen atoms in total. The Bertz CT molecular complexity index is 1750. The van der Waals surface area contributed by atoms with Gasteiger partial charge in [0.05, 0.1) is 0 Å². The average Bonchev–Trinajstić information content (AvgIpc) is 3.53. The van der Waals surface area contributed by atoms with Crippen molar-refractivity contribution in [1.29, 1.82) is 0 Å². The van der Waals surface area contributed by atoms with Gasteiger partial charge in [0.25, 0.3) is 0 Å². The van der Waals surface area contributed by atoms with Crippen LogP contribution in [0, 0.1) is 0 Å². The molecule has 3 aromatic carbocycles. The summed E-state index contributed by atoms with van der Waals surface area (Å²) < 4.78 is 5.13. The van der Waals surface area contributed by atoms with Crippen molar-refractivity contribution in [2.45, 2.75) is 0 Å². The van der Waals surface area contributed by atoms with Gasteiger partial charge in [-0.15, -0.1) is 0 Å². The summed E-state index contributed by atoms with van der Waals surface area (Å²) >= 11 is 3.75. The maximum Gasteiger partial charge on any atom is 0.164 e. The second kappa shape index (κ2) is 8.80. The SMILES string of the molecule is Brc1cc(-c2nc3cccnc3n2-c2ccccc2)cc(-c2nc3cccnc3n2-c2ccccc2)c1. The molecule has 4 heterocycles. The van der Waals surface area contributed by atoms with Gasteiger partial charge in [-0.1, -0.05) is 52.3 Å². The van der Waals surface area contributed by atoms with Gasteiger partial charge in [-0.3, -0.25) is 9.13 Å². The summed E-state index contributed by atoms with van der Waals surface area (Å²) in [7, 11) is 0. The van der Waals surface area contributed by atoms with Crippen LogP contribution < -0.4 is 0 Å². The molecule has 0 aliphatic heterocycles. The molecular weight excluding hydrogens is 524 g/mol. The summed E-state index contributed by atoms with van der Waals surface area (Å²) in [5.41, 5.74) is 7.20. The molecule has 0 bridgehead atoms. The van der Waals surface area contributed by atoms with Crippen molar-refractivity contribution in [3.8, 4) is 34.2 Å². The maximum atomic E-state index is 5.00. The molecule has 7 heteroatoms. The first-order valence-electron chi connectivity index (χ1n) is 11.9. The van der Waals surface area contributed by atoms with E-state index in [1.165, 1.54) is 0 Å². The van der Waals surface area contributed by atoms with E-state index in [0.717, 1.165) is 61.0 Å². The van der Waals surface area contributed by atoms with Gasteiger partial charge in [0.2, 0.25) is 0 Å². The van der Waals surface area contributed by atoms with E-state index in [-0.39, 0.29) is 0 Å². The van der Waals surface area contributed by atoms with Crippen molar-refractivity contribution in [2.75, 3.05) is 0 Å². The summed E-state index contributed by atoms with van der Waals surface area (Å²) in [4.78, 5) is 19.3. The first-order valence-corrected chi connectivity index (χ1v) is 12.6. The molecule has 0 radical (unpaired) electrons. The Hall–Kier alpha value is -4.62. The molecule has 7 aromatic rings. The van der Waals surface area contributed by atoms with E-state index in [1.54, 1.807) is 12.4 Å². The summed E-state index contributed by atoms with van der Waals surface area (Å²) in [5.74, 6) is 1.62. The molecular formula is C30H19BrN6. The second-order valence-corrected chi connectivity index (χ2v) is 9.55. The maximum absolute atomic E-state index is 5.00. The topological polar surface area (TPSA) is 61.4 Å². The van der Waals surface area contributed by atoms with Crippen molar-refractivity contribution in [3.05, 3.63) is 120 Å². The number of para-hydroxylation sites is 2. The van der Waals surface area contributed by atoms with Crippen molar-refractivity contribution in [2.24, 2.45) is 0 Å². The molecule has 4 aromatic heterocycles. The van der Waals surface area contributed by atoms with Crippen molar-refractivity contribution >= 4 is 38.3 Å². The summed E-state index contributed by atoms with van der Waals surface area (Å²) in [5, 5.41) is 0. The molecule has 0 saturated heterocycles. The van der Waals surface area contributed by atoms with E-state index in [2.05, 4.69) is 77.5 Å². The van der Waals surface area contributed by atoms with Gasteiger partial charge < -0.3 is 0 Å². The predicted octanol–water partition coefficient (Wildman–Crippen LogP) is 7.25. The van der Waals surface area contributed by atoms with E-state index in [4.69, 9.17) is 9.97 Å². The Morgan fingerprint density at radius 3 is 1.43 bits per heavy atom.